The third-order valence-corrected chi connectivity index (χ3v) is 4.59. The van der Waals surface area contributed by atoms with Crippen molar-refractivity contribution in [3.05, 3.63) is 40.6 Å². The van der Waals surface area contributed by atoms with Crippen LogP contribution in [0.5, 0.6) is 5.75 Å². The smallest absolute Gasteiger partial charge is 0.254 e. The third kappa shape index (κ3) is 3.29. The summed E-state index contributed by atoms with van der Waals surface area (Å²) in [5, 5.41) is 9.68. The second-order valence-corrected chi connectivity index (χ2v) is 7.04. The van der Waals surface area contributed by atoms with Gasteiger partial charge in [0.15, 0.2) is 0 Å². The minimum atomic E-state index is -0.0461. The summed E-state index contributed by atoms with van der Waals surface area (Å²) in [4.78, 5) is 27.9. The highest BCUT2D eigenvalue weighted by atomic mass is 16.3. The van der Waals surface area contributed by atoms with Crippen LogP contribution in [0.3, 0.4) is 0 Å². The van der Waals surface area contributed by atoms with E-state index in [-0.39, 0.29) is 11.7 Å². The maximum atomic E-state index is 12.9. The number of nitrogens with zero attached hydrogens (tertiary/aromatic N) is 5. The van der Waals surface area contributed by atoms with Gasteiger partial charge in [0.05, 0.1) is 12.2 Å². The number of aromatic nitrogens is 2. The lowest BCUT2D eigenvalue weighted by atomic mass is 10.0. The summed E-state index contributed by atoms with van der Waals surface area (Å²) in [6.07, 6.45) is 0.722. The van der Waals surface area contributed by atoms with Gasteiger partial charge in [-0.3, -0.25) is 4.79 Å². The zero-order valence-corrected chi connectivity index (χ0v) is 15.9. The third-order valence-electron chi connectivity index (χ3n) is 4.59. The first-order chi connectivity index (χ1) is 12.3. The molecule has 1 amide bonds. The Morgan fingerprint density at radius 3 is 2.50 bits per heavy atom. The molecular formula is C19H25N5O2. The van der Waals surface area contributed by atoms with Crippen molar-refractivity contribution in [2.45, 2.75) is 19.9 Å². The van der Waals surface area contributed by atoms with E-state index in [1.54, 1.807) is 30.0 Å². The fraction of sp³-hybridized carbons (Fsp3) is 0.421. The van der Waals surface area contributed by atoms with E-state index in [0.29, 0.717) is 30.2 Å². The highest BCUT2D eigenvalue weighted by Crippen LogP contribution is 2.28. The van der Waals surface area contributed by atoms with Gasteiger partial charge in [-0.05, 0) is 37.1 Å². The Labute approximate surface area is 153 Å². The molecule has 1 aliphatic heterocycles. The number of carbonyl (C=O) groups excluding carboxylic acids is 1. The summed E-state index contributed by atoms with van der Waals surface area (Å²) in [6, 6.07) is 4.96. The summed E-state index contributed by atoms with van der Waals surface area (Å²) in [6.45, 7) is 2.87. The molecule has 0 saturated heterocycles. The average molecular weight is 355 g/mol. The number of aromatic hydroxyl groups is 1. The summed E-state index contributed by atoms with van der Waals surface area (Å²) >= 11 is 0. The molecule has 7 heteroatoms. The Balaban J connectivity index is 1.93. The lowest BCUT2D eigenvalue weighted by Crippen LogP contribution is -2.37. The van der Waals surface area contributed by atoms with Crippen molar-refractivity contribution in [3.63, 3.8) is 0 Å². The van der Waals surface area contributed by atoms with E-state index in [9.17, 15) is 9.90 Å². The number of rotatable bonds is 3. The predicted octanol–water partition coefficient (Wildman–Crippen LogP) is 1.82. The number of hydrogen-bond donors (Lipinski definition) is 1. The van der Waals surface area contributed by atoms with Gasteiger partial charge in [0, 0.05) is 45.9 Å². The first kappa shape index (κ1) is 18.0. The number of carbonyl (C=O) groups is 1. The van der Waals surface area contributed by atoms with E-state index in [4.69, 9.17) is 0 Å². The van der Waals surface area contributed by atoms with Gasteiger partial charge in [0.25, 0.3) is 5.91 Å². The topological polar surface area (TPSA) is 72.8 Å². The van der Waals surface area contributed by atoms with E-state index in [0.717, 1.165) is 23.5 Å². The SMILES string of the molecule is Cc1cc(C(=O)N2CCc3c(nc(N(C)C)nc3N(C)C)C2)ccc1O. The summed E-state index contributed by atoms with van der Waals surface area (Å²) in [5.41, 5.74) is 3.27. The van der Waals surface area contributed by atoms with Gasteiger partial charge in [0.1, 0.15) is 11.6 Å². The molecule has 0 saturated carbocycles. The van der Waals surface area contributed by atoms with Crippen molar-refractivity contribution in [2.75, 3.05) is 44.5 Å². The Morgan fingerprint density at radius 1 is 1.15 bits per heavy atom. The molecule has 0 unspecified atom stereocenters. The molecule has 26 heavy (non-hydrogen) atoms. The van der Waals surface area contributed by atoms with Gasteiger partial charge >= 0.3 is 0 Å². The van der Waals surface area contributed by atoms with Crippen molar-refractivity contribution >= 4 is 17.7 Å². The van der Waals surface area contributed by atoms with Crippen molar-refractivity contribution in [3.8, 4) is 5.75 Å². The fourth-order valence-electron chi connectivity index (χ4n) is 3.11. The Bertz CT molecular complexity index is 848. The van der Waals surface area contributed by atoms with Crippen molar-refractivity contribution < 1.29 is 9.90 Å². The predicted molar refractivity (Wildman–Crippen MR) is 102 cm³/mol. The molecule has 1 aromatic heterocycles. The van der Waals surface area contributed by atoms with Crippen molar-refractivity contribution in [2.24, 2.45) is 0 Å². The van der Waals surface area contributed by atoms with Crippen LogP contribution >= 0.6 is 0 Å². The fourth-order valence-corrected chi connectivity index (χ4v) is 3.11. The number of anilines is 2. The Kier molecular flexibility index (Phi) is 4.71. The molecule has 0 radical (unpaired) electrons. The van der Waals surface area contributed by atoms with Crippen LogP contribution in [0.2, 0.25) is 0 Å². The Hall–Kier alpha value is -2.83. The zero-order chi connectivity index (χ0) is 19.0. The van der Waals surface area contributed by atoms with Gasteiger partial charge in [-0.15, -0.1) is 0 Å². The average Bonchev–Trinajstić information content (AvgIpc) is 2.61. The molecule has 1 aliphatic rings. The van der Waals surface area contributed by atoms with Crippen molar-refractivity contribution in [1.29, 1.82) is 0 Å². The number of benzene rings is 1. The van der Waals surface area contributed by atoms with Gasteiger partial charge < -0.3 is 19.8 Å². The normalized spacial score (nSPS) is 13.3. The van der Waals surface area contributed by atoms with Crippen LogP contribution in [0.4, 0.5) is 11.8 Å². The van der Waals surface area contributed by atoms with Crippen LogP contribution in [-0.4, -0.2) is 60.6 Å². The van der Waals surface area contributed by atoms with Crippen LogP contribution in [0, 0.1) is 6.92 Å². The lowest BCUT2D eigenvalue weighted by Gasteiger charge is -2.31. The molecule has 3 rings (SSSR count). The zero-order valence-electron chi connectivity index (χ0n) is 15.9. The van der Waals surface area contributed by atoms with Crippen molar-refractivity contribution in [1.82, 2.24) is 14.9 Å². The highest BCUT2D eigenvalue weighted by Gasteiger charge is 2.27. The van der Waals surface area contributed by atoms with E-state index in [2.05, 4.69) is 9.97 Å². The number of amides is 1. The molecule has 1 aromatic carbocycles. The van der Waals surface area contributed by atoms with Gasteiger partial charge in [-0.25, -0.2) is 4.98 Å². The molecule has 2 aromatic rings. The van der Waals surface area contributed by atoms with Gasteiger partial charge in [0.2, 0.25) is 5.95 Å². The van der Waals surface area contributed by atoms with Gasteiger partial charge in [-0.2, -0.15) is 4.98 Å². The van der Waals surface area contributed by atoms with E-state index >= 15 is 0 Å². The van der Waals surface area contributed by atoms with E-state index < -0.39 is 0 Å². The van der Waals surface area contributed by atoms with E-state index in [1.165, 1.54) is 0 Å². The first-order valence-electron chi connectivity index (χ1n) is 8.61. The molecule has 0 spiro atoms. The van der Waals surface area contributed by atoms with E-state index in [1.807, 2.05) is 38.0 Å². The monoisotopic (exact) mass is 355 g/mol. The maximum Gasteiger partial charge on any atom is 0.254 e. The van der Waals surface area contributed by atoms with Gasteiger partial charge in [-0.1, -0.05) is 0 Å². The minimum Gasteiger partial charge on any atom is -0.508 e. The second-order valence-electron chi connectivity index (χ2n) is 7.04. The number of hydrogen-bond acceptors (Lipinski definition) is 6. The molecule has 0 aliphatic carbocycles. The van der Waals surface area contributed by atoms with Crippen LogP contribution in [0.15, 0.2) is 18.2 Å². The molecule has 1 N–H and O–H groups in total. The minimum absolute atomic E-state index is 0.0461. The maximum absolute atomic E-state index is 12.9. The summed E-state index contributed by atoms with van der Waals surface area (Å²) in [5.74, 6) is 1.70. The lowest BCUT2D eigenvalue weighted by molar-refractivity contribution is 0.0731. The Morgan fingerprint density at radius 2 is 1.88 bits per heavy atom. The summed E-state index contributed by atoms with van der Waals surface area (Å²) in [7, 11) is 7.76. The first-order valence-corrected chi connectivity index (χ1v) is 8.61. The molecule has 7 nitrogen and oxygen atoms in total. The molecular weight excluding hydrogens is 330 g/mol. The summed E-state index contributed by atoms with van der Waals surface area (Å²) < 4.78 is 0. The number of phenolic OH excluding ortho intramolecular Hbond substituents is 1. The number of phenols is 1. The van der Waals surface area contributed by atoms with Crippen LogP contribution in [-0.2, 0) is 13.0 Å². The molecule has 2 heterocycles. The number of fused-ring (bicyclic) bond motifs is 1. The molecule has 0 fully saturated rings. The molecule has 0 bridgehead atoms. The standard InChI is InChI=1S/C19H25N5O2/c1-12-10-13(6-7-16(12)25)18(26)24-9-8-14-15(11-24)20-19(23(4)5)21-17(14)22(2)3/h6-7,10,25H,8-9,11H2,1-5H3. The number of aryl methyl sites for hydroxylation is 1. The molecule has 138 valence electrons. The highest BCUT2D eigenvalue weighted by molar-refractivity contribution is 5.94. The second kappa shape index (κ2) is 6.82. The van der Waals surface area contributed by atoms with Crippen LogP contribution < -0.4 is 9.80 Å². The largest absolute Gasteiger partial charge is 0.508 e. The molecule has 0 atom stereocenters. The van der Waals surface area contributed by atoms with Crippen LogP contribution in [0.1, 0.15) is 27.2 Å². The quantitative estimate of drug-likeness (QED) is 0.905. The van der Waals surface area contributed by atoms with Crippen LogP contribution in [0.25, 0.3) is 0 Å².